The number of aryl methyl sites for hydroxylation is 1. The summed E-state index contributed by atoms with van der Waals surface area (Å²) in [6, 6.07) is 6.65. The molecular formula is C16H22N2OS. The Morgan fingerprint density at radius 2 is 2.20 bits per heavy atom. The van der Waals surface area contributed by atoms with Gasteiger partial charge in [-0.05, 0) is 38.1 Å². The van der Waals surface area contributed by atoms with Crippen LogP contribution in [0.2, 0.25) is 0 Å². The maximum Gasteiger partial charge on any atom is 0.128 e. The predicted octanol–water partition coefficient (Wildman–Crippen LogP) is 4.05. The van der Waals surface area contributed by atoms with Crippen molar-refractivity contribution in [3.63, 3.8) is 0 Å². The minimum atomic E-state index is 0.276. The van der Waals surface area contributed by atoms with Crippen molar-refractivity contribution in [1.82, 2.24) is 10.3 Å². The van der Waals surface area contributed by atoms with Gasteiger partial charge in [-0.3, -0.25) is 0 Å². The molecule has 2 aromatic rings. The zero-order chi connectivity index (χ0) is 14.5. The molecule has 0 radical (unpaired) electrons. The van der Waals surface area contributed by atoms with Crippen molar-refractivity contribution in [1.29, 1.82) is 0 Å². The first-order chi connectivity index (χ1) is 9.69. The van der Waals surface area contributed by atoms with Crippen molar-refractivity contribution in [3.05, 3.63) is 34.2 Å². The van der Waals surface area contributed by atoms with Gasteiger partial charge in [0.1, 0.15) is 10.8 Å². The molecule has 0 bridgehead atoms. The van der Waals surface area contributed by atoms with Gasteiger partial charge in [-0.15, -0.1) is 11.3 Å². The molecule has 20 heavy (non-hydrogen) atoms. The van der Waals surface area contributed by atoms with Crippen LogP contribution in [0.3, 0.4) is 0 Å². The summed E-state index contributed by atoms with van der Waals surface area (Å²) in [5.74, 6) is 0.888. The van der Waals surface area contributed by atoms with Gasteiger partial charge >= 0.3 is 0 Å². The molecule has 1 heterocycles. The Morgan fingerprint density at radius 1 is 1.40 bits per heavy atom. The molecule has 0 saturated heterocycles. The second-order valence-electron chi connectivity index (χ2n) is 4.87. The first kappa shape index (κ1) is 15.0. The summed E-state index contributed by atoms with van der Waals surface area (Å²) < 4.78 is 5.48. The van der Waals surface area contributed by atoms with Crippen LogP contribution in [-0.4, -0.2) is 19.1 Å². The molecular weight excluding hydrogens is 268 g/mol. The molecule has 3 nitrogen and oxygen atoms in total. The van der Waals surface area contributed by atoms with Gasteiger partial charge in [0.05, 0.1) is 18.8 Å². The van der Waals surface area contributed by atoms with E-state index in [0.717, 1.165) is 34.9 Å². The van der Waals surface area contributed by atoms with Crippen LogP contribution in [0.5, 0.6) is 5.75 Å². The Balaban J connectivity index is 2.39. The van der Waals surface area contributed by atoms with Gasteiger partial charge < -0.3 is 10.1 Å². The van der Waals surface area contributed by atoms with E-state index >= 15 is 0 Å². The van der Waals surface area contributed by atoms with Gasteiger partial charge in [-0.25, -0.2) is 4.98 Å². The van der Waals surface area contributed by atoms with Gasteiger partial charge in [0.15, 0.2) is 0 Å². The largest absolute Gasteiger partial charge is 0.496 e. The van der Waals surface area contributed by atoms with Crippen LogP contribution in [0, 0.1) is 0 Å². The number of ether oxygens (including phenoxy) is 1. The molecule has 2 rings (SSSR count). The maximum absolute atomic E-state index is 5.48. The summed E-state index contributed by atoms with van der Waals surface area (Å²) >= 11 is 1.69. The number of rotatable bonds is 6. The number of thiazole rings is 1. The Morgan fingerprint density at radius 3 is 2.85 bits per heavy atom. The number of aromatic nitrogens is 1. The van der Waals surface area contributed by atoms with Crippen LogP contribution in [-0.2, 0) is 6.42 Å². The highest BCUT2D eigenvalue weighted by molar-refractivity contribution is 7.10. The van der Waals surface area contributed by atoms with Gasteiger partial charge in [-0.1, -0.05) is 19.4 Å². The van der Waals surface area contributed by atoms with Crippen LogP contribution in [0.4, 0.5) is 0 Å². The second-order valence-corrected chi connectivity index (χ2v) is 5.76. The summed E-state index contributed by atoms with van der Waals surface area (Å²) in [6.07, 6.45) is 2.23. The molecule has 4 heteroatoms. The van der Waals surface area contributed by atoms with Crippen molar-refractivity contribution in [3.8, 4) is 17.0 Å². The van der Waals surface area contributed by atoms with E-state index in [1.807, 2.05) is 13.1 Å². The molecule has 1 aromatic carbocycles. The maximum atomic E-state index is 5.48. The van der Waals surface area contributed by atoms with Crippen molar-refractivity contribution < 1.29 is 4.74 Å². The third-order valence-corrected chi connectivity index (χ3v) is 4.43. The third-order valence-electron chi connectivity index (χ3n) is 3.40. The fourth-order valence-electron chi connectivity index (χ4n) is 2.13. The first-order valence-corrected chi connectivity index (χ1v) is 7.87. The molecule has 0 saturated carbocycles. The standard InChI is InChI=1S/C16H22N2OS/c1-5-6-12-7-8-15(19-4)13(9-12)14-10-20-16(18-14)11(2)17-3/h7-11,17H,5-6H2,1-4H3. The van der Waals surface area contributed by atoms with E-state index in [9.17, 15) is 0 Å². The summed E-state index contributed by atoms with van der Waals surface area (Å²) in [7, 11) is 3.66. The van der Waals surface area contributed by atoms with E-state index in [1.165, 1.54) is 5.56 Å². The highest BCUT2D eigenvalue weighted by Crippen LogP contribution is 2.33. The zero-order valence-electron chi connectivity index (χ0n) is 12.6. The van der Waals surface area contributed by atoms with Gasteiger partial charge in [-0.2, -0.15) is 0 Å². The Hall–Kier alpha value is -1.39. The highest BCUT2D eigenvalue weighted by atomic mass is 32.1. The van der Waals surface area contributed by atoms with Gasteiger partial charge in [0, 0.05) is 10.9 Å². The average molecular weight is 290 g/mol. The van der Waals surface area contributed by atoms with E-state index in [1.54, 1.807) is 18.4 Å². The summed E-state index contributed by atoms with van der Waals surface area (Å²) in [5.41, 5.74) is 3.42. The molecule has 0 aliphatic carbocycles. The van der Waals surface area contributed by atoms with Gasteiger partial charge in [0.25, 0.3) is 0 Å². The normalized spacial score (nSPS) is 12.4. The highest BCUT2D eigenvalue weighted by Gasteiger charge is 2.13. The number of nitrogens with one attached hydrogen (secondary N) is 1. The molecule has 0 aliphatic heterocycles. The number of hydrogen-bond donors (Lipinski definition) is 1. The fraction of sp³-hybridized carbons (Fsp3) is 0.438. The molecule has 1 aromatic heterocycles. The van der Waals surface area contributed by atoms with Crippen LogP contribution in [0.1, 0.15) is 36.9 Å². The lowest BCUT2D eigenvalue weighted by Crippen LogP contribution is -2.11. The predicted molar refractivity (Wildman–Crippen MR) is 85.6 cm³/mol. The van der Waals surface area contributed by atoms with E-state index in [2.05, 4.69) is 36.7 Å². The summed E-state index contributed by atoms with van der Waals surface area (Å²) in [4.78, 5) is 4.74. The average Bonchev–Trinajstić information content (AvgIpc) is 2.96. The van der Waals surface area contributed by atoms with Crippen molar-refractivity contribution in [2.45, 2.75) is 32.7 Å². The summed E-state index contributed by atoms with van der Waals surface area (Å²) in [5, 5.41) is 6.43. The topological polar surface area (TPSA) is 34.1 Å². The van der Waals surface area contributed by atoms with Crippen LogP contribution in [0.25, 0.3) is 11.3 Å². The van der Waals surface area contributed by atoms with E-state index < -0.39 is 0 Å². The molecule has 108 valence electrons. The smallest absolute Gasteiger partial charge is 0.128 e. The van der Waals surface area contributed by atoms with E-state index in [4.69, 9.17) is 9.72 Å². The molecule has 1 atom stereocenters. The zero-order valence-corrected chi connectivity index (χ0v) is 13.4. The number of methoxy groups -OCH3 is 1. The monoisotopic (exact) mass is 290 g/mol. The van der Waals surface area contributed by atoms with Gasteiger partial charge in [0.2, 0.25) is 0 Å². The van der Waals surface area contributed by atoms with Crippen LogP contribution in [0.15, 0.2) is 23.6 Å². The lowest BCUT2D eigenvalue weighted by Gasteiger charge is -2.09. The van der Waals surface area contributed by atoms with Crippen LogP contribution >= 0.6 is 11.3 Å². The molecule has 0 fully saturated rings. The molecule has 1 unspecified atom stereocenters. The lowest BCUT2D eigenvalue weighted by atomic mass is 10.0. The minimum absolute atomic E-state index is 0.276. The Labute approximate surface area is 125 Å². The molecule has 0 aliphatic rings. The fourth-order valence-corrected chi connectivity index (χ4v) is 3.02. The number of hydrogen-bond acceptors (Lipinski definition) is 4. The first-order valence-electron chi connectivity index (χ1n) is 6.99. The second kappa shape index (κ2) is 6.86. The quantitative estimate of drug-likeness (QED) is 0.871. The SMILES string of the molecule is CCCc1ccc(OC)c(-c2csc(C(C)NC)n2)c1. The van der Waals surface area contributed by atoms with E-state index in [0.29, 0.717) is 0 Å². The minimum Gasteiger partial charge on any atom is -0.496 e. The number of benzene rings is 1. The molecule has 1 N–H and O–H groups in total. The van der Waals surface area contributed by atoms with Crippen molar-refractivity contribution >= 4 is 11.3 Å². The molecule has 0 amide bonds. The third kappa shape index (κ3) is 3.19. The lowest BCUT2D eigenvalue weighted by molar-refractivity contribution is 0.416. The molecule has 0 spiro atoms. The van der Waals surface area contributed by atoms with Crippen LogP contribution < -0.4 is 10.1 Å². The van der Waals surface area contributed by atoms with E-state index in [-0.39, 0.29) is 6.04 Å². The van der Waals surface area contributed by atoms with Crippen molar-refractivity contribution in [2.24, 2.45) is 0 Å². The Bertz CT molecular complexity index is 565. The summed E-state index contributed by atoms with van der Waals surface area (Å²) in [6.45, 7) is 4.31. The number of nitrogens with zero attached hydrogens (tertiary/aromatic N) is 1. The van der Waals surface area contributed by atoms with Crippen molar-refractivity contribution in [2.75, 3.05) is 14.2 Å². The Kier molecular flexibility index (Phi) is 5.15.